The Morgan fingerprint density at radius 2 is 2.05 bits per heavy atom. The Morgan fingerprint density at radius 1 is 1.24 bits per heavy atom. The maximum Gasteiger partial charge on any atom is 0.255 e. The number of carbonyl (C=O) groups excluding carboxylic acids is 1. The molecule has 0 unspecified atom stereocenters. The molecule has 0 saturated heterocycles. The molecule has 2 aromatic carbocycles. The predicted octanol–water partition coefficient (Wildman–Crippen LogP) is 3.49. The molecule has 0 spiro atoms. The van der Waals surface area contributed by atoms with Crippen LogP contribution in [0.25, 0.3) is 0 Å². The minimum absolute atomic E-state index is 0.280. The van der Waals surface area contributed by atoms with Gasteiger partial charge in [-0.05, 0) is 42.7 Å². The molecule has 2 aromatic rings. The number of nitrogens with one attached hydrogen (secondary N) is 2. The average Bonchev–Trinajstić information content (AvgIpc) is 2.94. The molecule has 0 atom stereocenters. The van der Waals surface area contributed by atoms with Gasteiger partial charge >= 0.3 is 0 Å². The van der Waals surface area contributed by atoms with Crippen molar-refractivity contribution in [1.29, 1.82) is 0 Å². The molecule has 0 aliphatic carbocycles. The highest BCUT2D eigenvalue weighted by molar-refractivity contribution is 6.05. The molecule has 0 saturated carbocycles. The van der Waals surface area contributed by atoms with E-state index in [9.17, 15) is 13.6 Å². The van der Waals surface area contributed by atoms with Gasteiger partial charge < -0.3 is 10.6 Å². The number of fused-ring (bicyclic) bond motifs is 1. The lowest BCUT2D eigenvalue weighted by Crippen LogP contribution is -2.15. The van der Waals surface area contributed by atoms with Gasteiger partial charge in [0.25, 0.3) is 5.91 Å². The SMILES string of the molecule is Cc1ccc(F)c(NC(=O)c2ccc3c(c2)NCC3)c1F. The van der Waals surface area contributed by atoms with Crippen LogP contribution in [-0.4, -0.2) is 12.5 Å². The van der Waals surface area contributed by atoms with E-state index in [0.717, 1.165) is 30.3 Å². The fraction of sp³-hybridized carbons (Fsp3) is 0.188. The Morgan fingerprint density at radius 3 is 2.86 bits per heavy atom. The van der Waals surface area contributed by atoms with Gasteiger partial charge in [0.05, 0.1) is 0 Å². The van der Waals surface area contributed by atoms with Crippen LogP contribution in [0.15, 0.2) is 30.3 Å². The van der Waals surface area contributed by atoms with Crippen LogP contribution in [0, 0.1) is 18.6 Å². The minimum atomic E-state index is -0.786. The number of carbonyl (C=O) groups is 1. The van der Waals surface area contributed by atoms with E-state index in [-0.39, 0.29) is 5.56 Å². The van der Waals surface area contributed by atoms with Crippen LogP contribution < -0.4 is 10.6 Å². The van der Waals surface area contributed by atoms with Crippen molar-refractivity contribution in [1.82, 2.24) is 0 Å². The molecule has 3 rings (SSSR count). The molecule has 0 bridgehead atoms. The molecule has 2 N–H and O–H groups in total. The third-order valence-electron chi connectivity index (χ3n) is 3.60. The maximum atomic E-state index is 13.9. The quantitative estimate of drug-likeness (QED) is 0.888. The zero-order valence-electron chi connectivity index (χ0n) is 11.5. The first-order valence-electron chi connectivity index (χ1n) is 6.69. The second kappa shape index (κ2) is 5.16. The number of amides is 1. The van der Waals surface area contributed by atoms with Crippen LogP contribution in [0.2, 0.25) is 0 Å². The maximum absolute atomic E-state index is 13.9. The summed E-state index contributed by atoms with van der Waals surface area (Å²) < 4.78 is 27.6. The molecule has 1 aliphatic rings. The number of anilines is 2. The van der Waals surface area contributed by atoms with Gasteiger partial charge in [-0.3, -0.25) is 4.79 Å². The summed E-state index contributed by atoms with van der Waals surface area (Å²) in [5.41, 5.74) is 2.27. The first kappa shape index (κ1) is 13.5. The summed E-state index contributed by atoms with van der Waals surface area (Å²) in [5, 5.41) is 5.47. The van der Waals surface area contributed by atoms with Crippen LogP contribution in [-0.2, 0) is 6.42 Å². The molecule has 1 heterocycles. The van der Waals surface area contributed by atoms with Crippen molar-refractivity contribution >= 4 is 17.3 Å². The summed E-state index contributed by atoms with van der Waals surface area (Å²) in [4.78, 5) is 12.2. The highest BCUT2D eigenvalue weighted by atomic mass is 19.1. The molecule has 5 heteroatoms. The van der Waals surface area contributed by atoms with E-state index in [1.54, 1.807) is 12.1 Å². The third-order valence-corrected chi connectivity index (χ3v) is 3.60. The Kier molecular flexibility index (Phi) is 3.33. The molecule has 108 valence electrons. The van der Waals surface area contributed by atoms with Crippen molar-refractivity contribution in [3.8, 4) is 0 Å². The van der Waals surface area contributed by atoms with E-state index < -0.39 is 23.2 Å². The van der Waals surface area contributed by atoms with Gasteiger partial charge in [0.15, 0.2) is 5.82 Å². The lowest BCUT2D eigenvalue weighted by atomic mass is 10.1. The van der Waals surface area contributed by atoms with Gasteiger partial charge in [0.2, 0.25) is 0 Å². The molecule has 21 heavy (non-hydrogen) atoms. The van der Waals surface area contributed by atoms with E-state index in [2.05, 4.69) is 10.6 Å². The van der Waals surface area contributed by atoms with Gasteiger partial charge in [-0.1, -0.05) is 12.1 Å². The van der Waals surface area contributed by atoms with Gasteiger partial charge in [0, 0.05) is 17.8 Å². The van der Waals surface area contributed by atoms with Gasteiger partial charge in [0.1, 0.15) is 11.5 Å². The Labute approximate surface area is 121 Å². The molecule has 0 radical (unpaired) electrons. The van der Waals surface area contributed by atoms with E-state index in [0.29, 0.717) is 5.56 Å². The smallest absolute Gasteiger partial charge is 0.255 e. The fourth-order valence-electron chi connectivity index (χ4n) is 2.39. The van der Waals surface area contributed by atoms with E-state index in [1.807, 2.05) is 6.07 Å². The monoisotopic (exact) mass is 288 g/mol. The number of rotatable bonds is 2. The van der Waals surface area contributed by atoms with Gasteiger partial charge in [-0.15, -0.1) is 0 Å². The summed E-state index contributed by atoms with van der Waals surface area (Å²) in [6.07, 6.45) is 0.915. The van der Waals surface area contributed by atoms with E-state index >= 15 is 0 Å². The summed E-state index contributed by atoms with van der Waals surface area (Å²) >= 11 is 0. The van der Waals surface area contributed by atoms with Crippen LogP contribution in [0.1, 0.15) is 21.5 Å². The zero-order valence-corrected chi connectivity index (χ0v) is 11.5. The van der Waals surface area contributed by atoms with Gasteiger partial charge in [-0.2, -0.15) is 0 Å². The van der Waals surface area contributed by atoms with Crippen molar-refractivity contribution in [2.75, 3.05) is 17.2 Å². The van der Waals surface area contributed by atoms with E-state index in [1.165, 1.54) is 13.0 Å². The third kappa shape index (κ3) is 2.46. The lowest BCUT2D eigenvalue weighted by Gasteiger charge is -2.10. The summed E-state index contributed by atoms with van der Waals surface area (Å²) in [7, 11) is 0. The van der Waals surface area contributed by atoms with Crippen molar-refractivity contribution in [2.24, 2.45) is 0 Å². The first-order valence-corrected chi connectivity index (χ1v) is 6.69. The highest BCUT2D eigenvalue weighted by Gasteiger charge is 2.17. The Balaban J connectivity index is 1.89. The Hall–Kier alpha value is -2.43. The number of aryl methyl sites for hydroxylation is 1. The molecule has 3 nitrogen and oxygen atoms in total. The molecular formula is C16H14F2N2O. The van der Waals surface area contributed by atoms with Crippen molar-refractivity contribution < 1.29 is 13.6 Å². The summed E-state index contributed by atoms with van der Waals surface area (Å²) in [5.74, 6) is -2.07. The Bertz CT molecular complexity index is 728. The minimum Gasteiger partial charge on any atom is -0.384 e. The summed E-state index contributed by atoms with van der Waals surface area (Å²) in [6.45, 7) is 2.35. The van der Waals surface area contributed by atoms with Crippen molar-refractivity contribution in [3.05, 3.63) is 58.7 Å². The molecule has 1 amide bonds. The topological polar surface area (TPSA) is 41.1 Å². The van der Waals surface area contributed by atoms with Crippen LogP contribution in [0.3, 0.4) is 0 Å². The predicted molar refractivity (Wildman–Crippen MR) is 77.7 cm³/mol. The van der Waals surface area contributed by atoms with E-state index in [4.69, 9.17) is 0 Å². The number of hydrogen-bond donors (Lipinski definition) is 2. The normalized spacial score (nSPS) is 12.7. The van der Waals surface area contributed by atoms with Crippen LogP contribution >= 0.6 is 0 Å². The lowest BCUT2D eigenvalue weighted by molar-refractivity contribution is 0.102. The molecular weight excluding hydrogens is 274 g/mol. The average molecular weight is 288 g/mol. The molecule has 0 fully saturated rings. The molecule has 1 aliphatic heterocycles. The zero-order chi connectivity index (χ0) is 15.0. The highest BCUT2D eigenvalue weighted by Crippen LogP contribution is 2.25. The number of hydrogen-bond acceptors (Lipinski definition) is 2. The number of halogens is 2. The largest absolute Gasteiger partial charge is 0.384 e. The molecule has 0 aromatic heterocycles. The summed E-state index contributed by atoms with van der Waals surface area (Å²) in [6, 6.07) is 7.68. The van der Waals surface area contributed by atoms with Gasteiger partial charge in [-0.25, -0.2) is 8.78 Å². The van der Waals surface area contributed by atoms with Crippen LogP contribution in [0.4, 0.5) is 20.2 Å². The number of benzene rings is 2. The second-order valence-corrected chi connectivity index (χ2v) is 5.06. The van der Waals surface area contributed by atoms with Crippen LogP contribution in [0.5, 0.6) is 0 Å². The second-order valence-electron chi connectivity index (χ2n) is 5.06. The van der Waals surface area contributed by atoms with Crippen molar-refractivity contribution in [3.63, 3.8) is 0 Å². The fourth-order valence-corrected chi connectivity index (χ4v) is 2.39. The first-order chi connectivity index (χ1) is 10.1. The van der Waals surface area contributed by atoms with Crippen molar-refractivity contribution in [2.45, 2.75) is 13.3 Å². The standard InChI is InChI=1S/C16H14F2N2O/c1-9-2-5-12(17)15(14(9)18)20-16(21)11-4-3-10-6-7-19-13(10)8-11/h2-5,8,19H,6-7H2,1H3,(H,20,21).